The topological polar surface area (TPSA) is 88.2 Å². The number of nitrogens with two attached hydrogens (primary N) is 1. The van der Waals surface area contributed by atoms with Crippen LogP contribution in [0.2, 0.25) is 0 Å². The largest absolute Gasteiger partial charge is 0.397 e. The summed E-state index contributed by atoms with van der Waals surface area (Å²) >= 11 is 0. The second-order valence-corrected chi connectivity index (χ2v) is 5.41. The Morgan fingerprint density at radius 2 is 2.11 bits per heavy atom. The first-order valence-electron chi connectivity index (χ1n) is 6.75. The molecule has 0 aromatic carbocycles. The van der Waals surface area contributed by atoms with Crippen LogP contribution in [-0.4, -0.2) is 29.1 Å². The van der Waals surface area contributed by atoms with Crippen LogP contribution in [-0.2, 0) is 0 Å². The van der Waals surface area contributed by atoms with E-state index in [9.17, 15) is 9.90 Å². The lowest BCUT2D eigenvalue weighted by atomic mass is 9.74. The molecular weight excluding hydrogens is 242 g/mol. The molecule has 1 aromatic rings. The van der Waals surface area contributed by atoms with Gasteiger partial charge in [-0.1, -0.05) is 19.3 Å². The highest BCUT2D eigenvalue weighted by Crippen LogP contribution is 2.35. The third-order valence-corrected chi connectivity index (χ3v) is 3.90. The SMILES string of the molecule is Nc1cncc(C(=O)NCC2(CO)CCCCC2)c1. The van der Waals surface area contributed by atoms with Crippen molar-refractivity contribution in [1.29, 1.82) is 0 Å². The van der Waals surface area contributed by atoms with Gasteiger partial charge in [0.25, 0.3) is 5.91 Å². The molecule has 19 heavy (non-hydrogen) atoms. The van der Waals surface area contributed by atoms with Crippen molar-refractivity contribution in [1.82, 2.24) is 10.3 Å². The summed E-state index contributed by atoms with van der Waals surface area (Å²) in [5, 5.41) is 12.5. The molecule has 1 amide bonds. The molecule has 4 N–H and O–H groups in total. The van der Waals surface area contributed by atoms with Gasteiger partial charge in [-0.05, 0) is 18.9 Å². The number of aliphatic hydroxyl groups is 1. The standard InChI is InChI=1S/C14H21N3O2/c15-12-6-11(7-16-8-12)13(19)17-9-14(10-18)4-2-1-3-5-14/h6-8,18H,1-5,9-10,15H2,(H,17,19). The third kappa shape index (κ3) is 3.44. The van der Waals surface area contributed by atoms with Crippen molar-refractivity contribution in [3.8, 4) is 0 Å². The average molecular weight is 263 g/mol. The van der Waals surface area contributed by atoms with E-state index in [1.165, 1.54) is 18.8 Å². The smallest absolute Gasteiger partial charge is 0.252 e. The number of anilines is 1. The molecule has 1 heterocycles. The molecular formula is C14H21N3O2. The molecule has 5 nitrogen and oxygen atoms in total. The van der Waals surface area contributed by atoms with Crippen LogP contribution in [0.5, 0.6) is 0 Å². The Hall–Kier alpha value is -1.62. The summed E-state index contributed by atoms with van der Waals surface area (Å²) in [6, 6.07) is 1.61. The van der Waals surface area contributed by atoms with Crippen LogP contribution >= 0.6 is 0 Å². The number of nitrogens with zero attached hydrogens (tertiary/aromatic N) is 1. The second kappa shape index (κ2) is 6.02. The summed E-state index contributed by atoms with van der Waals surface area (Å²) in [7, 11) is 0. The van der Waals surface area contributed by atoms with Gasteiger partial charge in [-0.25, -0.2) is 0 Å². The number of aliphatic hydroxyl groups excluding tert-OH is 1. The predicted octanol–water partition coefficient (Wildman–Crippen LogP) is 1.34. The molecule has 0 aliphatic heterocycles. The van der Waals surface area contributed by atoms with Gasteiger partial charge >= 0.3 is 0 Å². The van der Waals surface area contributed by atoms with Crippen molar-refractivity contribution in [3.63, 3.8) is 0 Å². The first-order chi connectivity index (χ1) is 9.15. The van der Waals surface area contributed by atoms with E-state index in [2.05, 4.69) is 10.3 Å². The number of nitrogen functional groups attached to an aromatic ring is 1. The van der Waals surface area contributed by atoms with Crippen LogP contribution in [0, 0.1) is 5.41 Å². The monoisotopic (exact) mass is 263 g/mol. The zero-order valence-corrected chi connectivity index (χ0v) is 11.1. The van der Waals surface area contributed by atoms with E-state index in [0.717, 1.165) is 25.7 Å². The van der Waals surface area contributed by atoms with E-state index in [1.807, 2.05) is 0 Å². The van der Waals surface area contributed by atoms with Gasteiger partial charge in [-0.15, -0.1) is 0 Å². The highest BCUT2D eigenvalue weighted by atomic mass is 16.3. The lowest BCUT2D eigenvalue weighted by Crippen LogP contribution is -2.41. The lowest BCUT2D eigenvalue weighted by molar-refractivity contribution is 0.0718. The molecule has 1 saturated carbocycles. The van der Waals surface area contributed by atoms with Gasteiger partial charge in [-0.3, -0.25) is 9.78 Å². The van der Waals surface area contributed by atoms with Crippen molar-refractivity contribution >= 4 is 11.6 Å². The normalized spacial score (nSPS) is 17.9. The summed E-state index contributed by atoms with van der Waals surface area (Å²) in [6.07, 6.45) is 8.41. The average Bonchev–Trinajstić information content (AvgIpc) is 2.46. The van der Waals surface area contributed by atoms with Gasteiger partial charge in [0.1, 0.15) is 0 Å². The molecule has 1 fully saturated rings. The number of pyridine rings is 1. The summed E-state index contributed by atoms with van der Waals surface area (Å²) in [6.45, 7) is 0.638. The third-order valence-electron chi connectivity index (χ3n) is 3.90. The second-order valence-electron chi connectivity index (χ2n) is 5.41. The Bertz CT molecular complexity index is 442. The fourth-order valence-electron chi connectivity index (χ4n) is 2.64. The minimum atomic E-state index is -0.182. The van der Waals surface area contributed by atoms with E-state index in [-0.39, 0.29) is 17.9 Å². The molecule has 2 rings (SSSR count). The molecule has 0 spiro atoms. The molecule has 1 aromatic heterocycles. The number of aromatic nitrogens is 1. The Balaban J connectivity index is 1.95. The van der Waals surface area contributed by atoms with Crippen molar-refractivity contribution in [2.75, 3.05) is 18.9 Å². The van der Waals surface area contributed by atoms with Gasteiger partial charge in [0.15, 0.2) is 0 Å². The summed E-state index contributed by atoms with van der Waals surface area (Å²) in [5.74, 6) is -0.182. The zero-order chi connectivity index (χ0) is 13.7. The van der Waals surface area contributed by atoms with E-state index < -0.39 is 0 Å². The minimum Gasteiger partial charge on any atom is -0.397 e. The number of carbonyl (C=O) groups is 1. The number of rotatable bonds is 4. The first-order valence-corrected chi connectivity index (χ1v) is 6.75. The van der Waals surface area contributed by atoms with Gasteiger partial charge in [-0.2, -0.15) is 0 Å². The minimum absolute atomic E-state index is 0.127. The molecule has 0 radical (unpaired) electrons. The predicted molar refractivity (Wildman–Crippen MR) is 73.6 cm³/mol. The van der Waals surface area contributed by atoms with Gasteiger partial charge in [0, 0.05) is 24.4 Å². The van der Waals surface area contributed by atoms with Crippen LogP contribution in [0.4, 0.5) is 5.69 Å². The van der Waals surface area contributed by atoms with Gasteiger partial charge in [0.2, 0.25) is 0 Å². The highest BCUT2D eigenvalue weighted by molar-refractivity contribution is 5.94. The van der Waals surface area contributed by atoms with Crippen molar-refractivity contribution in [2.24, 2.45) is 5.41 Å². The number of hydrogen-bond donors (Lipinski definition) is 3. The van der Waals surface area contributed by atoms with Gasteiger partial charge < -0.3 is 16.2 Å². The maximum atomic E-state index is 12.0. The Morgan fingerprint density at radius 1 is 1.37 bits per heavy atom. The van der Waals surface area contributed by atoms with Crippen LogP contribution in [0.1, 0.15) is 42.5 Å². The Labute approximate surface area is 113 Å². The summed E-state index contributed by atoms with van der Waals surface area (Å²) < 4.78 is 0. The molecule has 5 heteroatoms. The quantitative estimate of drug-likeness (QED) is 0.764. The van der Waals surface area contributed by atoms with E-state index in [0.29, 0.717) is 17.8 Å². The van der Waals surface area contributed by atoms with Crippen LogP contribution in [0.15, 0.2) is 18.5 Å². The van der Waals surface area contributed by atoms with Crippen LogP contribution in [0.25, 0.3) is 0 Å². The van der Waals surface area contributed by atoms with E-state index >= 15 is 0 Å². The Kier molecular flexibility index (Phi) is 4.37. The molecule has 0 bridgehead atoms. The zero-order valence-electron chi connectivity index (χ0n) is 11.1. The summed E-state index contributed by atoms with van der Waals surface area (Å²) in [4.78, 5) is 15.9. The molecule has 1 aliphatic carbocycles. The van der Waals surface area contributed by atoms with Crippen LogP contribution in [0.3, 0.4) is 0 Å². The van der Waals surface area contributed by atoms with Crippen molar-refractivity contribution in [2.45, 2.75) is 32.1 Å². The molecule has 104 valence electrons. The van der Waals surface area contributed by atoms with Crippen molar-refractivity contribution in [3.05, 3.63) is 24.0 Å². The molecule has 1 aliphatic rings. The molecule has 0 saturated heterocycles. The number of carbonyl (C=O) groups excluding carboxylic acids is 1. The maximum absolute atomic E-state index is 12.0. The van der Waals surface area contributed by atoms with Crippen molar-refractivity contribution < 1.29 is 9.90 Å². The highest BCUT2D eigenvalue weighted by Gasteiger charge is 2.31. The maximum Gasteiger partial charge on any atom is 0.252 e. The Morgan fingerprint density at radius 3 is 2.74 bits per heavy atom. The van der Waals surface area contributed by atoms with E-state index in [1.54, 1.807) is 6.07 Å². The number of amides is 1. The number of nitrogens with one attached hydrogen (secondary N) is 1. The molecule has 0 atom stereocenters. The first kappa shape index (κ1) is 13.8. The summed E-state index contributed by atoms with van der Waals surface area (Å²) in [5.41, 5.74) is 6.39. The lowest BCUT2D eigenvalue weighted by Gasteiger charge is -2.35. The number of hydrogen-bond acceptors (Lipinski definition) is 4. The molecule has 0 unspecified atom stereocenters. The van der Waals surface area contributed by atoms with Crippen LogP contribution < -0.4 is 11.1 Å². The van der Waals surface area contributed by atoms with Gasteiger partial charge in [0.05, 0.1) is 17.9 Å². The fourth-order valence-corrected chi connectivity index (χ4v) is 2.64. The van der Waals surface area contributed by atoms with E-state index in [4.69, 9.17) is 5.73 Å². The fraction of sp³-hybridized carbons (Fsp3) is 0.571.